The van der Waals surface area contributed by atoms with E-state index in [0.717, 1.165) is 55.4 Å². The Morgan fingerprint density at radius 3 is 2.45 bits per heavy atom. The number of hydrogen-bond acceptors (Lipinski definition) is 3. The summed E-state index contributed by atoms with van der Waals surface area (Å²) in [5.41, 5.74) is 7.14. The van der Waals surface area contributed by atoms with E-state index in [-0.39, 0.29) is 0 Å². The molecule has 5 nitrogen and oxygen atoms in total. The van der Waals surface area contributed by atoms with Gasteiger partial charge in [0, 0.05) is 16.5 Å². The Morgan fingerprint density at radius 2 is 1.70 bits per heavy atom. The number of aromatic amines is 1. The lowest BCUT2D eigenvalue weighted by molar-refractivity contribution is -0.129. The zero-order valence-corrected chi connectivity index (χ0v) is 18.4. The van der Waals surface area contributed by atoms with Crippen LogP contribution in [0.15, 0.2) is 84.9 Å². The molecule has 1 amide bonds. The number of ether oxygens (including phenoxy) is 1. The number of methoxy groups -OCH3 is 1. The van der Waals surface area contributed by atoms with E-state index in [1.165, 1.54) is 0 Å². The normalized spacial score (nSPS) is 12.1. The van der Waals surface area contributed by atoms with Crippen molar-refractivity contribution in [2.45, 2.75) is 12.8 Å². The Balaban J connectivity index is 1.78. The number of hydroxylamine groups is 1. The summed E-state index contributed by atoms with van der Waals surface area (Å²) < 4.78 is 5.41. The van der Waals surface area contributed by atoms with Gasteiger partial charge in [0.05, 0.1) is 18.7 Å². The molecule has 1 atom stereocenters. The van der Waals surface area contributed by atoms with Crippen LogP contribution in [0.4, 0.5) is 0 Å². The summed E-state index contributed by atoms with van der Waals surface area (Å²) in [6, 6.07) is 28.0. The van der Waals surface area contributed by atoms with Crippen molar-refractivity contribution in [3.05, 3.63) is 102 Å². The van der Waals surface area contributed by atoms with E-state index in [2.05, 4.69) is 35.3 Å². The van der Waals surface area contributed by atoms with Crippen LogP contribution in [0.3, 0.4) is 0 Å². The van der Waals surface area contributed by atoms with Crippen molar-refractivity contribution in [3.8, 4) is 17.0 Å². The maximum absolute atomic E-state index is 13.1. The summed E-state index contributed by atoms with van der Waals surface area (Å²) in [4.78, 5) is 16.6. The molecule has 0 spiro atoms. The van der Waals surface area contributed by atoms with Crippen molar-refractivity contribution in [3.63, 3.8) is 0 Å². The summed E-state index contributed by atoms with van der Waals surface area (Å²) in [6.45, 7) is 1.94. The fourth-order valence-corrected chi connectivity index (χ4v) is 4.63. The van der Waals surface area contributed by atoms with Crippen LogP contribution >= 0.6 is 0 Å². The second kappa shape index (κ2) is 8.45. The molecular weight excluding hydrogens is 412 g/mol. The van der Waals surface area contributed by atoms with Gasteiger partial charge in [-0.25, -0.2) is 5.48 Å². The van der Waals surface area contributed by atoms with Crippen LogP contribution in [0, 0.1) is 6.92 Å². The molecule has 0 aliphatic rings. The van der Waals surface area contributed by atoms with Gasteiger partial charge < -0.3 is 9.72 Å². The Kier molecular flexibility index (Phi) is 5.32. The number of hydrogen-bond donors (Lipinski definition) is 3. The van der Waals surface area contributed by atoms with Gasteiger partial charge in [0.2, 0.25) is 0 Å². The maximum atomic E-state index is 13.1. The molecule has 0 aliphatic heterocycles. The maximum Gasteiger partial charge on any atom is 0.255 e. The molecule has 0 aliphatic carbocycles. The average Bonchev–Trinajstić information content (AvgIpc) is 3.23. The standard InChI is InChI=1S/C28H24N2O3/c1-17-15-20(13-14-24(17)33-2)25(28(31)30-32)26-22-9-5-6-10-23(22)29-27(26)21-12-11-18-7-3-4-8-19(18)16-21/h3-16,25,29,32H,1-2H3,(H,30,31). The third-order valence-corrected chi connectivity index (χ3v) is 6.20. The lowest BCUT2D eigenvalue weighted by atomic mass is 9.86. The average molecular weight is 437 g/mol. The molecule has 5 rings (SSSR count). The quantitative estimate of drug-likeness (QED) is 0.236. The molecule has 0 saturated carbocycles. The van der Waals surface area contributed by atoms with Gasteiger partial charge in [0.1, 0.15) is 5.75 Å². The highest BCUT2D eigenvalue weighted by molar-refractivity contribution is 6.00. The van der Waals surface area contributed by atoms with Gasteiger partial charge >= 0.3 is 0 Å². The number of benzene rings is 4. The highest BCUT2D eigenvalue weighted by Crippen LogP contribution is 2.40. The summed E-state index contributed by atoms with van der Waals surface area (Å²) in [7, 11) is 1.62. The Labute approximate surface area is 191 Å². The van der Waals surface area contributed by atoms with E-state index in [0.29, 0.717) is 0 Å². The molecule has 0 bridgehead atoms. The van der Waals surface area contributed by atoms with E-state index >= 15 is 0 Å². The largest absolute Gasteiger partial charge is 0.496 e. The number of aryl methyl sites for hydroxylation is 1. The van der Waals surface area contributed by atoms with Gasteiger partial charge in [-0.05, 0) is 52.6 Å². The minimum atomic E-state index is -0.725. The molecule has 4 aromatic carbocycles. The lowest BCUT2D eigenvalue weighted by Gasteiger charge is -2.19. The fourth-order valence-electron chi connectivity index (χ4n) is 4.63. The molecule has 5 aromatic rings. The Hall–Kier alpha value is -4.09. The predicted molar refractivity (Wildman–Crippen MR) is 131 cm³/mol. The molecule has 0 radical (unpaired) electrons. The van der Waals surface area contributed by atoms with Crippen LogP contribution in [0.25, 0.3) is 32.9 Å². The summed E-state index contributed by atoms with van der Waals surface area (Å²) in [6.07, 6.45) is 0. The molecule has 1 heterocycles. The van der Waals surface area contributed by atoms with Crippen molar-refractivity contribution in [1.29, 1.82) is 0 Å². The summed E-state index contributed by atoms with van der Waals surface area (Å²) in [5, 5.41) is 12.9. The first-order chi connectivity index (χ1) is 16.1. The number of carbonyl (C=O) groups is 1. The van der Waals surface area contributed by atoms with Gasteiger partial charge in [-0.3, -0.25) is 10.0 Å². The first kappa shape index (κ1) is 20.8. The molecule has 3 N–H and O–H groups in total. The van der Waals surface area contributed by atoms with E-state index in [1.54, 1.807) is 7.11 Å². The molecule has 1 unspecified atom stereocenters. The number of para-hydroxylation sites is 1. The number of aromatic nitrogens is 1. The van der Waals surface area contributed by atoms with Crippen molar-refractivity contribution in [1.82, 2.24) is 10.5 Å². The molecule has 0 fully saturated rings. The number of nitrogens with one attached hydrogen (secondary N) is 2. The first-order valence-electron chi connectivity index (χ1n) is 10.8. The number of H-pyrrole nitrogens is 1. The number of fused-ring (bicyclic) bond motifs is 2. The minimum absolute atomic E-state index is 0.494. The van der Waals surface area contributed by atoms with E-state index in [4.69, 9.17) is 4.74 Å². The van der Waals surface area contributed by atoms with Gasteiger partial charge in [-0.2, -0.15) is 0 Å². The zero-order chi connectivity index (χ0) is 22.9. The number of rotatable bonds is 5. The van der Waals surface area contributed by atoms with Gasteiger partial charge in [0.15, 0.2) is 0 Å². The predicted octanol–water partition coefficient (Wildman–Crippen LogP) is 5.94. The van der Waals surface area contributed by atoms with Crippen LogP contribution in [0.5, 0.6) is 5.75 Å². The van der Waals surface area contributed by atoms with Crippen molar-refractivity contribution < 1.29 is 14.7 Å². The second-order valence-corrected chi connectivity index (χ2v) is 8.16. The lowest BCUT2D eigenvalue weighted by Crippen LogP contribution is -2.27. The fraction of sp³-hybridized carbons (Fsp3) is 0.107. The molecule has 33 heavy (non-hydrogen) atoms. The number of carbonyl (C=O) groups excluding carboxylic acids is 1. The minimum Gasteiger partial charge on any atom is -0.496 e. The SMILES string of the molecule is COc1ccc(C(C(=O)NO)c2c(-c3ccc4ccccc4c3)[nH]c3ccccc23)cc1C. The van der Waals surface area contributed by atoms with Crippen molar-refractivity contribution in [2.24, 2.45) is 0 Å². The van der Waals surface area contributed by atoms with Gasteiger partial charge in [-0.1, -0.05) is 66.7 Å². The van der Waals surface area contributed by atoms with Crippen molar-refractivity contribution in [2.75, 3.05) is 7.11 Å². The van der Waals surface area contributed by atoms with E-state index < -0.39 is 11.8 Å². The van der Waals surface area contributed by atoms with E-state index in [9.17, 15) is 10.0 Å². The molecule has 0 saturated heterocycles. The summed E-state index contributed by atoms with van der Waals surface area (Å²) >= 11 is 0. The van der Waals surface area contributed by atoms with E-state index in [1.807, 2.05) is 67.0 Å². The highest BCUT2D eigenvalue weighted by atomic mass is 16.5. The van der Waals surface area contributed by atoms with Crippen LogP contribution in [0.2, 0.25) is 0 Å². The Morgan fingerprint density at radius 1 is 0.939 bits per heavy atom. The molecular formula is C28H24N2O3. The van der Waals surface area contributed by atoms with Gasteiger partial charge in [-0.15, -0.1) is 0 Å². The second-order valence-electron chi connectivity index (χ2n) is 8.16. The molecule has 1 aromatic heterocycles. The van der Waals surface area contributed by atoms with Crippen LogP contribution in [-0.4, -0.2) is 23.2 Å². The van der Waals surface area contributed by atoms with Crippen LogP contribution in [0.1, 0.15) is 22.6 Å². The highest BCUT2D eigenvalue weighted by Gasteiger charge is 2.29. The first-order valence-corrected chi connectivity index (χ1v) is 10.8. The molecule has 5 heteroatoms. The summed E-state index contributed by atoms with van der Waals surface area (Å²) in [5.74, 6) is -0.473. The zero-order valence-electron chi connectivity index (χ0n) is 18.4. The number of amides is 1. The van der Waals surface area contributed by atoms with Crippen LogP contribution in [-0.2, 0) is 4.79 Å². The smallest absolute Gasteiger partial charge is 0.255 e. The third-order valence-electron chi connectivity index (χ3n) is 6.20. The monoisotopic (exact) mass is 436 g/mol. The van der Waals surface area contributed by atoms with Gasteiger partial charge in [0.25, 0.3) is 5.91 Å². The Bertz CT molecular complexity index is 1490. The molecule has 164 valence electrons. The third kappa shape index (κ3) is 3.62. The van der Waals surface area contributed by atoms with Crippen LogP contribution < -0.4 is 10.2 Å². The van der Waals surface area contributed by atoms with Crippen molar-refractivity contribution >= 4 is 27.6 Å². The topological polar surface area (TPSA) is 74.3 Å².